The summed E-state index contributed by atoms with van der Waals surface area (Å²) in [4.78, 5) is 11.8. The molecule has 0 aliphatic rings. The predicted octanol–water partition coefficient (Wildman–Crippen LogP) is 2.42. The number of amides is 2. The van der Waals surface area contributed by atoms with Crippen molar-refractivity contribution in [1.29, 1.82) is 0 Å². The van der Waals surface area contributed by atoms with Crippen LogP contribution in [-0.2, 0) is 6.42 Å². The molecule has 1 aromatic carbocycles. The Kier molecular flexibility index (Phi) is 5.80. The van der Waals surface area contributed by atoms with E-state index in [9.17, 15) is 15.0 Å². The average molecular weight is 320 g/mol. The molecule has 2 atom stereocenters. The number of rotatable bonds is 6. The zero-order chi connectivity index (χ0) is 15.9. The van der Waals surface area contributed by atoms with Crippen LogP contribution in [0.3, 0.4) is 0 Å². The van der Waals surface area contributed by atoms with Crippen molar-refractivity contribution in [2.24, 2.45) is 0 Å². The number of benzene rings is 1. The van der Waals surface area contributed by atoms with Crippen molar-refractivity contribution in [3.63, 3.8) is 0 Å². The van der Waals surface area contributed by atoms with E-state index < -0.39 is 6.10 Å². The number of hydrogen-bond acceptors (Lipinski definition) is 4. The van der Waals surface area contributed by atoms with Gasteiger partial charge in [-0.1, -0.05) is 12.1 Å². The number of carbonyl (C=O) groups excluding carboxylic acids is 1. The molecular weight excluding hydrogens is 300 g/mol. The molecule has 118 valence electrons. The first-order chi connectivity index (χ1) is 10.5. The van der Waals surface area contributed by atoms with Crippen molar-refractivity contribution in [1.82, 2.24) is 10.6 Å². The minimum absolute atomic E-state index is 0.0529. The fourth-order valence-corrected chi connectivity index (χ4v) is 2.79. The molecule has 0 saturated carbocycles. The molecule has 0 aliphatic carbocycles. The topological polar surface area (TPSA) is 81.6 Å². The number of nitrogens with one attached hydrogen (secondary N) is 2. The van der Waals surface area contributed by atoms with E-state index in [1.54, 1.807) is 12.1 Å². The summed E-state index contributed by atoms with van der Waals surface area (Å²) in [6, 6.07) is 8.38. The molecule has 2 unspecified atom stereocenters. The highest BCUT2D eigenvalue weighted by Gasteiger charge is 2.11. The Morgan fingerprint density at radius 2 is 2.00 bits per heavy atom. The number of carbonyl (C=O) groups is 1. The van der Waals surface area contributed by atoms with Crippen LogP contribution in [0.2, 0.25) is 0 Å². The molecular formula is C16H20N2O3S. The molecule has 0 bridgehead atoms. The lowest BCUT2D eigenvalue weighted by molar-refractivity contribution is 0.173. The first-order valence-electron chi connectivity index (χ1n) is 7.07. The summed E-state index contributed by atoms with van der Waals surface area (Å²) in [6.45, 7) is 2.08. The lowest BCUT2D eigenvalue weighted by Gasteiger charge is -2.16. The van der Waals surface area contributed by atoms with Gasteiger partial charge in [0.1, 0.15) is 5.75 Å². The molecule has 1 aromatic heterocycles. The molecule has 2 aromatic rings. The molecule has 5 nitrogen and oxygen atoms in total. The van der Waals surface area contributed by atoms with E-state index >= 15 is 0 Å². The Bertz CT molecular complexity index is 584. The first kappa shape index (κ1) is 16.3. The fourth-order valence-electron chi connectivity index (χ4n) is 2.08. The van der Waals surface area contributed by atoms with Gasteiger partial charge in [-0.05, 0) is 53.4 Å². The number of hydrogen-bond donors (Lipinski definition) is 4. The number of urea groups is 1. The quantitative estimate of drug-likeness (QED) is 0.660. The van der Waals surface area contributed by atoms with Gasteiger partial charge < -0.3 is 20.8 Å². The smallest absolute Gasteiger partial charge is 0.315 e. The Morgan fingerprint density at radius 1 is 1.27 bits per heavy atom. The maximum Gasteiger partial charge on any atom is 0.315 e. The van der Waals surface area contributed by atoms with Crippen LogP contribution in [0.5, 0.6) is 5.75 Å². The summed E-state index contributed by atoms with van der Waals surface area (Å²) in [6.07, 6.45) is -0.0229. The summed E-state index contributed by atoms with van der Waals surface area (Å²) in [5, 5.41) is 28.4. The van der Waals surface area contributed by atoms with Gasteiger partial charge in [0, 0.05) is 12.6 Å². The lowest BCUT2D eigenvalue weighted by Crippen LogP contribution is -2.43. The van der Waals surface area contributed by atoms with Gasteiger partial charge >= 0.3 is 6.03 Å². The summed E-state index contributed by atoms with van der Waals surface area (Å²) >= 11 is 1.51. The van der Waals surface area contributed by atoms with E-state index in [2.05, 4.69) is 10.6 Å². The third-order valence-corrected chi connectivity index (χ3v) is 3.94. The molecule has 4 N–H and O–H groups in total. The minimum Gasteiger partial charge on any atom is -0.508 e. The van der Waals surface area contributed by atoms with Crippen molar-refractivity contribution in [3.8, 4) is 5.75 Å². The van der Waals surface area contributed by atoms with Crippen LogP contribution in [-0.4, -0.2) is 28.8 Å². The van der Waals surface area contributed by atoms with Crippen molar-refractivity contribution >= 4 is 17.4 Å². The predicted molar refractivity (Wildman–Crippen MR) is 87.1 cm³/mol. The van der Waals surface area contributed by atoms with E-state index in [4.69, 9.17) is 0 Å². The monoisotopic (exact) mass is 320 g/mol. The standard InChI is InChI=1S/C16H20N2O3S/c1-11(8-12-2-4-14(19)5-3-12)18-16(21)17-9-15(20)13-6-7-22-10-13/h2-7,10-11,15,19-20H,8-9H2,1H3,(H2,17,18,21). The minimum atomic E-state index is -0.690. The van der Waals surface area contributed by atoms with Crippen LogP contribution < -0.4 is 10.6 Å². The largest absolute Gasteiger partial charge is 0.508 e. The zero-order valence-corrected chi connectivity index (χ0v) is 13.1. The van der Waals surface area contributed by atoms with Crippen molar-refractivity contribution in [2.45, 2.75) is 25.5 Å². The van der Waals surface area contributed by atoms with Crippen molar-refractivity contribution in [2.75, 3.05) is 6.54 Å². The van der Waals surface area contributed by atoms with Gasteiger partial charge in [0.2, 0.25) is 0 Å². The third-order valence-electron chi connectivity index (χ3n) is 3.24. The fraction of sp³-hybridized carbons (Fsp3) is 0.312. The van der Waals surface area contributed by atoms with E-state index in [0.717, 1.165) is 11.1 Å². The van der Waals surface area contributed by atoms with Crippen LogP contribution in [0, 0.1) is 0 Å². The third kappa shape index (κ3) is 5.05. The summed E-state index contributed by atoms with van der Waals surface area (Å²) < 4.78 is 0. The average Bonchev–Trinajstić information content (AvgIpc) is 3.01. The van der Waals surface area contributed by atoms with Crippen molar-refractivity contribution in [3.05, 3.63) is 52.2 Å². The number of phenolic OH excluding ortho intramolecular Hbond substituents is 1. The van der Waals surface area contributed by atoms with Gasteiger partial charge in [0.25, 0.3) is 0 Å². The second kappa shape index (κ2) is 7.82. The highest BCUT2D eigenvalue weighted by Crippen LogP contribution is 2.15. The molecule has 0 saturated heterocycles. The van der Waals surface area contributed by atoms with Gasteiger partial charge in [-0.3, -0.25) is 0 Å². The van der Waals surface area contributed by atoms with Crippen LogP contribution in [0.1, 0.15) is 24.2 Å². The molecule has 2 rings (SSSR count). The Morgan fingerprint density at radius 3 is 2.64 bits per heavy atom. The second-order valence-corrected chi connectivity index (χ2v) is 5.98. The lowest BCUT2D eigenvalue weighted by atomic mass is 10.1. The van der Waals surface area contributed by atoms with E-state index in [1.807, 2.05) is 35.9 Å². The van der Waals surface area contributed by atoms with Gasteiger partial charge in [-0.2, -0.15) is 11.3 Å². The highest BCUT2D eigenvalue weighted by atomic mass is 32.1. The molecule has 1 heterocycles. The highest BCUT2D eigenvalue weighted by molar-refractivity contribution is 7.07. The van der Waals surface area contributed by atoms with Crippen LogP contribution >= 0.6 is 11.3 Å². The van der Waals surface area contributed by atoms with Crippen LogP contribution in [0.15, 0.2) is 41.1 Å². The Balaban J connectivity index is 1.73. The van der Waals surface area contributed by atoms with E-state index in [-0.39, 0.29) is 24.4 Å². The van der Waals surface area contributed by atoms with Gasteiger partial charge in [0.15, 0.2) is 0 Å². The SMILES string of the molecule is CC(Cc1ccc(O)cc1)NC(=O)NCC(O)c1ccsc1. The number of phenols is 1. The molecule has 2 amide bonds. The number of thiophene rings is 1. The van der Waals surface area contributed by atoms with Crippen LogP contribution in [0.4, 0.5) is 4.79 Å². The first-order valence-corrected chi connectivity index (χ1v) is 8.01. The number of aliphatic hydroxyl groups excluding tert-OH is 1. The Hall–Kier alpha value is -2.05. The Labute approximate surface area is 133 Å². The summed E-state index contributed by atoms with van der Waals surface area (Å²) in [7, 11) is 0. The van der Waals surface area contributed by atoms with Gasteiger partial charge in [-0.25, -0.2) is 4.79 Å². The molecule has 0 aliphatic heterocycles. The molecule has 0 spiro atoms. The second-order valence-electron chi connectivity index (χ2n) is 5.20. The molecule has 0 fully saturated rings. The molecule has 6 heteroatoms. The molecule has 0 radical (unpaired) electrons. The maximum absolute atomic E-state index is 11.8. The number of aliphatic hydroxyl groups is 1. The van der Waals surface area contributed by atoms with Crippen molar-refractivity contribution < 1.29 is 15.0 Å². The maximum atomic E-state index is 11.8. The molecule has 22 heavy (non-hydrogen) atoms. The van der Waals surface area contributed by atoms with Gasteiger partial charge in [0.05, 0.1) is 6.10 Å². The number of aromatic hydroxyl groups is 1. The van der Waals surface area contributed by atoms with Gasteiger partial charge in [-0.15, -0.1) is 0 Å². The zero-order valence-electron chi connectivity index (χ0n) is 12.3. The normalized spacial score (nSPS) is 13.4. The van der Waals surface area contributed by atoms with Crippen LogP contribution in [0.25, 0.3) is 0 Å². The van der Waals surface area contributed by atoms with E-state index in [0.29, 0.717) is 6.42 Å². The van der Waals surface area contributed by atoms with E-state index in [1.165, 1.54) is 11.3 Å². The summed E-state index contributed by atoms with van der Waals surface area (Å²) in [5.41, 5.74) is 1.84. The summed E-state index contributed by atoms with van der Waals surface area (Å²) in [5.74, 6) is 0.226.